The number of nitrogens with one attached hydrogen (secondary N) is 1. The van der Waals surface area contributed by atoms with E-state index in [2.05, 4.69) is 138 Å². The van der Waals surface area contributed by atoms with Crippen LogP contribution in [0, 0.1) is 5.41 Å². The Balaban J connectivity index is 1.01. The van der Waals surface area contributed by atoms with E-state index < -0.39 is 0 Å². The van der Waals surface area contributed by atoms with Crippen LogP contribution < -0.4 is 4.90 Å². The van der Waals surface area contributed by atoms with Gasteiger partial charge in [-0.25, -0.2) is 9.98 Å². The summed E-state index contributed by atoms with van der Waals surface area (Å²) >= 11 is 1.74. The number of hydrogen-bond acceptors (Lipinski definition) is 3. The van der Waals surface area contributed by atoms with Crippen molar-refractivity contribution >= 4 is 88.0 Å². The Morgan fingerprint density at radius 2 is 1.25 bits per heavy atom. The molecule has 52 heavy (non-hydrogen) atoms. The molecule has 1 aliphatic heterocycles. The predicted molar refractivity (Wildman–Crippen MR) is 222 cm³/mol. The van der Waals surface area contributed by atoms with Gasteiger partial charge in [0, 0.05) is 54.2 Å². The van der Waals surface area contributed by atoms with Crippen LogP contribution in [-0.4, -0.2) is 17.9 Å². The monoisotopic (exact) mass is 682 g/mol. The number of rotatable bonds is 4. The Hall–Kier alpha value is -6.69. The van der Waals surface area contributed by atoms with E-state index in [1.54, 1.807) is 11.3 Å². The van der Waals surface area contributed by atoms with Crippen LogP contribution in [0.4, 0.5) is 17.1 Å². The van der Waals surface area contributed by atoms with Gasteiger partial charge in [-0.05, 0) is 69.8 Å². The molecule has 4 nitrogen and oxygen atoms in total. The fourth-order valence-corrected chi connectivity index (χ4v) is 8.56. The minimum Gasteiger partial charge on any atom is -0.309 e. The molecule has 10 rings (SSSR count). The molecule has 0 amide bonds. The molecule has 1 N–H and O–H groups in total. The van der Waals surface area contributed by atoms with Gasteiger partial charge in [0.05, 0.1) is 11.4 Å². The van der Waals surface area contributed by atoms with Crippen LogP contribution in [0.15, 0.2) is 180 Å². The van der Waals surface area contributed by atoms with Crippen LogP contribution in [0.1, 0.15) is 16.7 Å². The lowest BCUT2D eigenvalue weighted by atomic mass is 9.89. The number of aliphatic imine (C=N–C) groups is 2. The van der Waals surface area contributed by atoms with Crippen molar-refractivity contribution < 1.29 is 0 Å². The molecule has 2 heterocycles. The summed E-state index contributed by atoms with van der Waals surface area (Å²) in [5.41, 5.74) is 8.46. The van der Waals surface area contributed by atoms with Crippen LogP contribution in [0.25, 0.3) is 52.8 Å². The number of fused-ring (bicyclic) bond motifs is 6. The largest absolute Gasteiger partial charge is 0.309 e. The lowest BCUT2D eigenvalue weighted by Gasteiger charge is -2.34. The van der Waals surface area contributed by atoms with Crippen molar-refractivity contribution in [2.75, 3.05) is 4.90 Å². The van der Waals surface area contributed by atoms with Crippen molar-refractivity contribution in [2.24, 2.45) is 9.98 Å². The van der Waals surface area contributed by atoms with Gasteiger partial charge in [-0.3, -0.25) is 5.41 Å². The molecule has 244 valence electrons. The second-order valence-electron chi connectivity index (χ2n) is 13.0. The smallest absolute Gasteiger partial charge is 0.161 e. The Morgan fingerprint density at radius 3 is 2.10 bits per heavy atom. The average Bonchev–Trinajstić information content (AvgIpc) is 3.58. The second kappa shape index (κ2) is 12.3. The fraction of sp³-hybridized carbons (Fsp3) is 0. The fourth-order valence-electron chi connectivity index (χ4n) is 7.41. The van der Waals surface area contributed by atoms with Crippen LogP contribution in [-0.2, 0) is 0 Å². The number of nitrogens with zero attached hydrogens (tertiary/aromatic N) is 3. The SMILES string of the molecule is N=C(/N=C(\N=C\c1ccc(N2c3cc4ccccc4cc3-c3cccc4cccc2c34)cc1)c1ccccc1)c1ccc2c(c1)sc1ccccc12. The van der Waals surface area contributed by atoms with Gasteiger partial charge in [-0.1, -0.05) is 127 Å². The zero-order valence-corrected chi connectivity index (χ0v) is 28.8. The van der Waals surface area contributed by atoms with Crippen LogP contribution in [0.2, 0.25) is 0 Å². The molecular formula is C47H30N4S. The van der Waals surface area contributed by atoms with Crippen LogP contribution in [0.3, 0.4) is 0 Å². The first-order chi connectivity index (χ1) is 25.7. The summed E-state index contributed by atoms with van der Waals surface area (Å²) in [6.07, 6.45) is 1.84. The summed E-state index contributed by atoms with van der Waals surface area (Å²) < 4.78 is 2.39. The molecule has 0 bridgehead atoms. The Kier molecular flexibility index (Phi) is 7.12. The summed E-state index contributed by atoms with van der Waals surface area (Å²) in [6, 6.07) is 59.4. The molecule has 0 fully saturated rings. The molecular weight excluding hydrogens is 653 g/mol. The highest BCUT2D eigenvalue weighted by Gasteiger charge is 2.26. The maximum absolute atomic E-state index is 8.99. The molecule has 0 unspecified atom stereocenters. The Morgan fingerprint density at radius 1 is 0.538 bits per heavy atom. The van der Waals surface area contributed by atoms with Crippen molar-refractivity contribution in [1.29, 1.82) is 5.41 Å². The zero-order chi connectivity index (χ0) is 34.6. The highest BCUT2D eigenvalue weighted by molar-refractivity contribution is 7.25. The number of hydrogen-bond donors (Lipinski definition) is 1. The highest BCUT2D eigenvalue weighted by Crippen LogP contribution is 2.51. The molecule has 0 spiro atoms. The van der Waals surface area contributed by atoms with E-state index in [-0.39, 0.29) is 5.84 Å². The summed E-state index contributed by atoms with van der Waals surface area (Å²) in [5.74, 6) is 0.669. The van der Waals surface area contributed by atoms with Crippen molar-refractivity contribution in [3.8, 4) is 11.1 Å². The molecule has 0 saturated carbocycles. The molecule has 5 heteroatoms. The van der Waals surface area contributed by atoms with E-state index in [4.69, 9.17) is 15.4 Å². The van der Waals surface area contributed by atoms with Gasteiger partial charge < -0.3 is 4.90 Å². The highest BCUT2D eigenvalue weighted by atomic mass is 32.1. The summed E-state index contributed by atoms with van der Waals surface area (Å²) in [5, 5.41) is 16.4. The maximum atomic E-state index is 8.99. The van der Waals surface area contributed by atoms with E-state index in [9.17, 15) is 0 Å². The number of benzene rings is 8. The molecule has 1 aliphatic rings. The molecule has 8 aromatic carbocycles. The summed E-state index contributed by atoms with van der Waals surface area (Å²) in [4.78, 5) is 12.0. The molecule has 0 radical (unpaired) electrons. The Bertz CT molecular complexity index is 2920. The van der Waals surface area contributed by atoms with Crippen LogP contribution >= 0.6 is 11.3 Å². The van der Waals surface area contributed by atoms with Crippen molar-refractivity contribution in [2.45, 2.75) is 0 Å². The molecule has 0 aliphatic carbocycles. The van der Waals surface area contributed by atoms with Crippen molar-refractivity contribution in [1.82, 2.24) is 0 Å². The quantitative estimate of drug-likeness (QED) is 0.146. The first-order valence-electron chi connectivity index (χ1n) is 17.3. The first-order valence-corrected chi connectivity index (χ1v) is 18.1. The molecule has 0 saturated heterocycles. The van der Waals surface area contributed by atoms with Gasteiger partial charge in [0.2, 0.25) is 0 Å². The molecule has 9 aromatic rings. The van der Waals surface area contributed by atoms with E-state index in [0.717, 1.165) is 32.8 Å². The first kappa shape index (κ1) is 30.2. The topological polar surface area (TPSA) is 51.8 Å². The third-order valence-electron chi connectivity index (χ3n) is 9.91. The standard InChI is InChI=1S/C47H30N4S/c48-46(35-22-25-38-37-16-6-7-19-43(37)52-44(38)28-35)50-47(32-10-2-1-3-11-32)49-29-30-20-23-36(24-21-30)51-41-18-9-15-31-14-8-17-39(45(31)41)40-26-33-12-4-5-13-34(33)27-42(40)51/h1-29,48H/b48-46?,49-29+,50-47-. The minimum absolute atomic E-state index is 0.177. The third-order valence-corrected chi connectivity index (χ3v) is 11.0. The van der Waals surface area contributed by atoms with Gasteiger partial charge in [-0.15, -0.1) is 11.3 Å². The number of amidine groups is 2. The van der Waals surface area contributed by atoms with Gasteiger partial charge in [0.25, 0.3) is 0 Å². The van der Waals surface area contributed by atoms with Crippen molar-refractivity contribution in [3.63, 3.8) is 0 Å². The van der Waals surface area contributed by atoms with E-state index in [1.165, 1.54) is 53.8 Å². The summed E-state index contributed by atoms with van der Waals surface area (Å²) in [6.45, 7) is 0. The second-order valence-corrected chi connectivity index (χ2v) is 14.1. The average molecular weight is 683 g/mol. The lowest BCUT2D eigenvalue weighted by molar-refractivity contribution is 1.29. The number of thiophene rings is 1. The molecule has 1 aromatic heterocycles. The van der Waals surface area contributed by atoms with E-state index in [0.29, 0.717) is 5.84 Å². The van der Waals surface area contributed by atoms with Gasteiger partial charge in [0.15, 0.2) is 11.7 Å². The normalized spacial score (nSPS) is 12.7. The maximum Gasteiger partial charge on any atom is 0.161 e. The zero-order valence-electron chi connectivity index (χ0n) is 28.0. The third kappa shape index (κ3) is 5.10. The van der Waals surface area contributed by atoms with Gasteiger partial charge in [0.1, 0.15) is 0 Å². The summed E-state index contributed by atoms with van der Waals surface area (Å²) in [7, 11) is 0. The lowest BCUT2D eigenvalue weighted by Crippen LogP contribution is -2.15. The number of anilines is 3. The molecule has 0 atom stereocenters. The van der Waals surface area contributed by atoms with Crippen molar-refractivity contribution in [3.05, 3.63) is 187 Å². The van der Waals surface area contributed by atoms with E-state index in [1.807, 2.05) is 42.6 Å². The van der Waals surface area contributed by atoms with Gasteiger partial charge in [-0.2, -0.15) is 0 Å². The van der Waals surface area contributed by atoms with E-state index >= 15 is 0 Å². The Labute approximate surface area is 304 Å². The minimum atomic E-state index is 0.177. The van der Waals surface area contributed by atoms with Gasteiger partial charge >= 0.3 is 0 Å². The predicted octanol–water partition coefficient (Wildman–Crippen LogP) is 12.7. The van der Waals surface area contributed by atoms with Crippen LogP contribution in [0.5, 0.6) is 0 Å².